The number of thioether (sulfide) groups is 1. The lowest BCUT2D eigenvalue weighted by atomic mass is 10.1. The number of aromatic nitrogens is 2. The molecule has 0 radical (unpaired) electrons. The third-order valence-corrected chi connectivity index (χ3v) is 5.23. The molecule has 13 heteroatoms. The van der Waals surface area contributed by atoms with Crippen LogP contribution in [0.2, 0.25) is 5.02 Å². The number of amides is 2. The predicted molar refractivity (Wildman–Crippen MR) is 115 cm³/mol. The van der Waals surface area contributed by atoms with Gasteiger partial charge in [-0.3, -0.25) is 20.3 Å². The van der Waals surface area contributed by atoms with Crippen molar-refractivity contribution in [2.24, 2.45) is 10.7 Å². The van der Waals surface area contributed by atoms with Gasteiger partial charge in [-0.1, -0.05) is 23.4 Å². The quantitative estimate of drug-likeness (QED) is 0.126. The molecule has 10 nitrogen and oxygen atoms in total. The summed E-state index contributed by atoms with van der Waals surface area (Å²) in [7, 11) is 0. The second kappa shape index (κ2) is 10.7. The van der Waals surface area contributed by atoms with Crippen LogP contribution in [0.4, 0.5) is 10.1 Å². The number of nitrogens with one attached hydrogen (secondary N) is 2. The normalized spacial score (nSPS) is 11.3. The van der Waals surface area contributed by atoms with Crippen molar-refractivity contribution in [2.45, 2.75) is 5.03 Å². The highest BCUT2D eigenvalue weighted by Gasteiger charge is 2.17. The number of aliphatic imine (C=N–C) groups is 1. The lowest BCUT2D eigenvalue weighted by Gasteiger charge is -2.06. The van der Waals surface area contributed by atoms with Gasteiger partial charge in [0.05, 0.1) is 10.7 Å². The molecular weight excluding hydrogens is 463 g/mol. The third-order valence-electron chi connectivity index (χ3n) is 3.99. The molecule has 0 aliphatic carbocycles. The molecule has 32 heavy (non-hydrogen) atoms. The highest BCUT2D eigenvalue weighted by molar-refractivity contribution is 7.99. The monoisotopic (exact) mass is 478 g/mol. The van der Waals surface area contributed by atoms with E-state index in [1.807, 2.05) is 5.48 Å². The Hall–Kier alpha value is -3.48. The summed E-state index contributed by atoms with van der Waals surface area (Å²) in [5.74, 6) is -1.20. The maximum Gasteiger partial charge on any atom is 0.251 e. The van der Waals surface area contributed by atoms with Crippen LogP contribution in [0.3, 0.4) is 0 Å². The minimum absolute atomic E-state index is 0.0880. The Morgan fingerprint density at radius 2 is 1.91 bits per heavy atom. The predicted octanol–water partition coefficient (Wildman–Crippen LogP) is 2.54. The first-order chi connectivity index (χ1) is 15.4. The number of carbonyl (C=O) groups is 2. The second-order valence-electron chi connectivity index (χ2n) is 6.13. The van der Waals surface area contributed by atoms with Crippen molar-refractivity contribution < 1.29 is 23.8 Å². The Bertz CT molecular complexity index is 1150. The molecule has 0 saturated carbocycles. The van der Waals surface area contributed by atoms with E-state index in [0.717, 1.165) is 6.07 Å². The Labute approximate surface area is 190 Å². The molecule has 5 N–H and O–H groups in total. The van der Waals surface area contributed by atoms with Crippen LogP contribution in [0.1, 0.15) is 26.4 Å². The zero-order valence-electron chi connectivity index (χ0n) is 16.2. The standard InChI is InChI=1S/C19H16ClFN6O4S/c20-13-9-12(5-6-14(13)21)24-17(25-30)15-19(27-31-26-15)32-8-7-23-18(29)11-3-1-10(2-4-11)16(22)28/h1-6,9,30H,7-8H2,(H2,22,28)(H,23,29)(H,24,25). The molecule has 2 amide bonds. The minimum Gasteiger partial charge on any atom is -0.366 e. The van der Waals surface area contributed by atoms with Gasteiger partial charge in [0.15, 0.2) is 16.6 Å². The maximum atomic E-state index is 13.3. The fourth-order valence-electron chi connectivity index (χ4n) is 2.43. The van der Waals surface area contributed by atoms with Gasteiger partial charge in [-0.25, -0.2) is 14.0 Å². The summed E-state index contributed by atoms with van der Waals surface area (Å²) in [6.45, 7) is 0.278. The van der Waals surface area contributed by atoms with Crippen molar-refractivity contribution in [1.29, 1.82) is 0 Å². The summed E-state index contributed by atoms with van der Waals surface area (Å²) < 4.78 is 18.0. The fraction of sp³-hybridized carbons (Fsp3) is 0.105. The molecule has 0 saturated heterocycles. The lowest BCUT2D eigenvalue weighted by molar-refractivity contribution is 0.0953. The van der Waals surface area contributed by atoms with E-state index < -0.39 is 11.7 Å². The Balaban J connectivity index is 1.59. The summed E-state index contributed by atoms with van der Waals surface area (Å²) in [4.78, 5) is 27.4. The number of carbonyl (C=O) groups excluding carboxylic acids is 2. The number of rotatable bonds is 8. The molecule has 0 atom stereocenters. The van der Waals surface area contributed by atoms with Gasteiger partial charge in [0, 0.05) is 23.4 Å². The number of benzene rings is 2. The SMILES string of the molecule is NC(=O)c1ccc(C(=O)NCCSc2nonc2C(=Nc2ccc(F)c(Cl)c2)NO)cc1. The number of primary amides is 1. The highest BCUT2D eigenvalue weighted by Crippen LogP contribution is 2.24. The number of hydrogen-bond donors (Lipinski definition) is 4. The van der Waals surface area contributed by atoms with E-state index in [9.17, 15) is 19.2 Å². The second-order valence-corrected chi connectivity index (χ2v) is 7.63. The Kier molecular flexibility index (Phi) is 7.76. The number of nitrogens with two attached hydrogens (primary N) is 1. The first-order valence-corrected chi connectivity index (χ1v) is 10.3. The molecule has 2 aromatic carbocycles. The molecule has 0 aliphatic heterocycles. The van der Waals surface area contributed by atoms with E-state index in [1.54, 1.807) is 0 Å². The molecule has 0 unspecified atom stereocenters. The van der Waals surface area contributed by atoms with Gasteiger partial charge < -0.3 is 11.1 Å². The van der Waals surface area contributed by atoms with Gasteiger partial charge in [0.1, 0.15) is 5.82 Å². The van der Waals surface area contributed by atoms with Crippen molar-refractivity contribution in [3.05, 3.63) is 70.1 Å². The van der Waals surface area contributed by atoms with Crippen molar-refractivity contribution in [3.8, 4) is 0 Å². The Morgan fingerprint density at radius 1 is 1.19 bits per heavy atom. The smallest absolute Gasteiger partial charge is 0.251 e. The van der Waals surface area contributed by atoms with E-state index in [4.69, 9.17) is 22.0 Å². The summed E-state index contributed by atoms with van der Waals surface area (Å²) in [5, 5.41) is 19.8. The van der Waals surface area contributed by atoms with E-state index in [0.29, 0.717) is 21.9 Å². The van der Waals surface area contributed by atoms with Crippen molar-refractivity contribution >= 4 is 46.7 Å². The average Bonchev–Trinajstić information content (AvgIpc) is 3.25. The first-order valence-electron chi connectivity index (χ1n) is 8.96. The van der Waals surface area contributed by atoms with E-state index in [-0.39, 0.29) is 34.7 Å². The van der Waals surface area contributed by atoms with Gasteiger partial charge in [0.25, 0.3) is 5.91 Å². The molecule has 1 aromatic heterocycles. The molecule has 0 fully saturated rings. The van der Waals surface area contributed by atoms with Crippen LogP contribution in [0, 0.1) is 5.82 Å². The van der Waals surface area contributed by atoms with Crippen molar-refractivity contribution in [2.75, 3.05) is 12.3 Å². The molecule has 166 valence electrons. The van der Waals surface area contributed by atoms with Crippen molar-refractivity contribution in [3.63, 3.8) is 0 Å². The fourth-order valence-corrected chi connectivity index (χ4v) is 3.36. The van der Waals surface area contributed by atoms with E-state index >= 15 is 0 Å². The lowest BCUT2D eigenvalue weighted by Crippen LogP contribution is -2.26. The summed E-state index contributed by atoms with van der Waals surface area (Å²) >= 11 is 6.94. The van der Waals surface area contributed by atoms with Crippen LogP contribution in [0.15, 0.2) is 57.1 Å². The number of amidine groups is 1. The topological polar surface area (TPSA) is 156 Å². The van der Waals surface area contributed by atoms with Crippen LogP contribution in [-0.4, -0.2) is 45.5 Å². The summed E-state index contributed by atoms with van der Waals surface area (Å²) in [6.07, 6.45) is 0. The molecule has 0 bridgehead atoms. The first kappa shape index (κ1) is 23.2. The number of nitrogens with zero attached hydrogens (tertiary/aromatic N) is 3. The summed E-state index contributed by atoms with van der Waals surface area (Å²) in [6, 6.07) is 9.72. The number of halogens is 2. The molecule has 0 aliphatic rings. The molecular formula is C19H16ClFN6O4S. The summed E-state index contributed by atoms with van der Waals surface area (Å²) in [5.41, 5.74) is 8.14. The molecule has 0 spiro atoms. The van der Waals surface area contributed by atoms with Gasteiger partial charge in [-0.2, -0.15) is 0 Å². The average molecular weight is 479 g/mol. The minimum atomic E-state index is -0.602. The zero-order valence-corrected chi connectivity index (χ0v) is 17.8. The van der Waals surface area contributed by atoms with Crippen LogP contribution in [0.25, 0.3) is 0 Å². The van der Waals surface area contributed by atoms with Gasteiger partial charge in [-0.15, -0.1) is 0 Å². The van der Waals surface area contributed by atoms with Gasteiger partial charge in [0.2, 0.25) is 5.91 Å². The van der Waals surface area contributed by atoms with Crippen LogP contribution >= 0.6 is 23.4 Å². The molecule has 3 rings (SSSR count). The number of hydroxylamine groups is 1. The highest BCUT2D eigenvalue weighted by atomic mass is 35.5. The van der Waals surface area contributed by atoms with E-state index in [1.165, 1.54) is 48.2 Å². The Morgan fingerprint density at radius 3 is 2.56 bits per heavy atom. The molecule has 1 heterocycles. The van der Waals surface area contributed by atoms with Crippen LogP contribution in [0.5, 0.6) is 0 Å². The maximum absolute atomic E-state index is 13.3. The molecule has 3 aromatic rings. The van der Waals surface area contributed by atoms with Crippen molar-refractivity contribution in [1.82, 2.24) is 21.1 Å². The third kappa shape index (κ3) is 5.81. The zero-order chi connectivity index (χ0) is 23.1. The van der Waals surface area contributed by atoms with Crippen LogP contribution < -0.4 is 16.5 Å². The number of hydrogen-bond acceptors (Lipinski definition) is 8. The largest absolute Gasteiger partial charge is 0.366 e. The van der Waals surface area contributed by atoms with Crippen LogP contribution in [-0.2, 0) is 0 Å². The van der Waals surface area contributed by atoms with Gasteiger partial charge >= 0.3 is 0 Å². The van der Waals surface area contributed by atoms with E-state index in [2.05, 4.69) is 20.6 Å². The van der Waals surface area contributed by atoms with Gasteiger partial charge in [-0.05, 0) is 52.8 Å².